The van der Waals surface area contributed by atoms with E-state index in [0.717, 1.165) is 31.2 Å². The standard InChI is InChI=1S/C16H24N2O5/c17-15(12-13-7-9-14(19)10-8-13)16(20)6-4-2-1-3-5-11-23-18(21)22/h7-10,15,19H,1-6,11-12,17H2. The van der Waals surface area contributed by atoms with E-state index >= 15 is 0 Å². The maximum atomic E-state index is 12.0. The molecule has 0 saturated carbocycles. The first-order valence-corrected chi connectivity index (χ1v) is 7.82. The van der Waals surface area contributed by atoms with Gasteiger partial charge in [-0.05, 0) is 37.0 Å². The molecule has 1 aromatic rings. The average Bonchev–Trinajstić information content (AvgIpc) is 2.51. The Kier molecular flexibility index (Phi) is 8.67. The summed E-state index contributed by atoms with van der Waals surface area (Å²) < 4.78 is 0. The van der Waals surface area contributed by atoms with Crippen molar-refractivity contribution in [2.24, 2.45) is 5.73 Å². The van der Waals surface area contributed by atoms with Crippen LogP contribution >= 0.6 is 0 Å². The zero-order chi connectivity index (χ0) is 17.1. The highest BCUT2D eigenvalue weighted by Gasteiger charge is 2.13. The van der Waals surface area contributed by atoms with Crippen molar-refractivity contribution in [2.45, 2.75) is 51.0 Å². The molecular formula is C16H24N2O5. The summed E-state index contributed by atoms with van der Waals surface area (Å²) in [5.41, 5.74) is 6.83. The third-order valence-electron chi connectivity index (χ3n) is 3.57. The number of nitrogens with two attached hydrogens (primary N) is 1. The average molecular weight is 324 g/mol. The van der Waals surface area contributed by atoms with Crippen molar-refractivity contribution in [3.05, 3.63) is 39.9 Å². The zero-order valence-electron chi connectivity index (χ0n) is 13.1. The van der Waals surface area contributed by atoms with Gasteiger partial charge in [-0.2, -0.15) is 0 Å². The fourth-order valence-corrected chi connectivity index (χ4v) is 2.26. The summed E-state index contributed by atoms with van der Waals surface area (Å²) in [5, 5.41) is 18.4. The van der Waals surface area contributed by atoms with Gasteiger partial charge in [-0.25, -0.2) is 0 Å². The lowest BCUT2D eigenvalue weighted by Gasteiger charge is -2.10. The number of aromatic hydroxyl groups is 1. The molecule has 0 spiro atoms. The first kappa shape index (κ1) is 18.9. The topological polar surface area (TPSA) is 116 Å². The van der Waals surface area contributed by atoms with Crippen molar-refractivity contribution in [2.75, 3.05) is 6.61 Å². The second-order valence-corrected chi connectivity index (χ2v) is 5.52. The third kappa shape index (κ3) is 8.77. The van der Waals surface area contributed by atoms with Gasteiger partial charge < -0.3 is 15.7 Å². The smallest absolute Gasteiger partial charge is 0.294 e. The van der Waals surface area contributed by atoms with Crippen LogP contribution in [0.4, 0.5) is 0 Å². The molecule has 0 aliphatic carbocycles. The minimum atomic E-state index is -0.784. The third-order valence-corrected chi connectivity index (χ3v) is 3.57. The maximum absolute atomic E-state index is 12.0. The minimum absolute atomic E-state index is 0.0368. The van der Waals surface area contributed by atoms with Gasteiger partial charge in [0.05, 0.1) is 12.6 Å². The van der Waals surface area contributed by atoms with Crippen LogP contribution in [0.2, 0.25) is 0 Å². The molecule has 0 aliphatic heterocycles. The van der Waals surface area contributed by atoms with Gasteiger partial charge in [-0.3, -0.25) is 4.79 Å². The van der Waals surface area contributed by atoms with Crippen LogP contribution in [0.5, 0.6) is 5.75 Å². The Morgan fingerprint density at radius 2 is 1.78 bits per heavy atom. The highest BCUT2D eigenvalue weighted by molar-refractivity contribution is 5.84. The first-order chi connectivity index (χ1) is 11.0. The molecule has 0 bridgehead atoms. The number of carbonyl (C=O) groups is 1. The second kappa shape index (κ2) is 10.6. The molecule has 0 heterocycles. The van der Waals surface area contributed by atoms with Crippen LogP contribution in [0.1, 0.15) is 44.1 Å². The second-order valence-electron chi connectivity index (χ2n) is 5.52. The monoisotopic (exact) mass is 324 g/mol. The van der Waals surface area contributed by atoms with E-state index in [4.69, 9.17) is 5.73 Å². The molecule has 1 atom stereocenters. The highest BCUT2D eigenvalue weighted by atomic mass is 16.9. The summed E-state index contributed by atoms with van der Waals surface area (Å²) in [6, 6.07) is 6.16. The van der Waals surface area contributed by atoms with E-state index in [-0.39, 0.29) is 18.1 Å². The van der Waals surface area contributed by atoms with Crippen molar-refractivity contribution in [1.29, 1.82) is 0 Å². The Bertz CT molecular complexity index is 490. The number of hydrogen-bond donors (Lipinski definition) is 2. The number of ketones is 1. The van der Waals surface area contributed by atoms with Crippen LogP contribution in [0.25, 0.3) is 0 Å². The van der Waals surface area contributed by atoms with Crippen molar-refractivity contribution in [3.63, 3.8) is 0 Å². The quantitative estimate of drug-likeness (QED) is 0.346. The maximum Gasteiger partial charge on any atom is 0.294 e. The molecule has 0 fully saturated rings. The SMILES string of the molecule is NC(Cc1ccc(O)cc1)C(=O)CCCCCCCO[N+](=O)[O-]. The van der Waals surface area contributed by atoms with Crippen LogP contribution in [-0.2, 0) is 16.1 Å². The molecular weight excluding hydrogens is 300 g/mol. The largest absolute Gasteiger partial charge is 0.508 e. The highest BCUT2D eigenvalue weighted by Crippen LogP contribution is 2.12. The molecule has 7 heteroatoms. The summed E-state index contributed by atoms with van der Waals surface area (Å²) in [4.78, 5) is 26.1. The van der Waals surface area contributed by atoms with E-state index in [1.807, 2.05) is 0 Å². The first-order valence-electron chi connectivity index (χ1n) is 7.82. The van der Waals surface area contributed by atoms with Gasteiger partial charge in [0, 0.05) is 6.42 Å². The number of carbonyl (C=O) groups excluding carboxylic acids is 1. The zero-order valence-corrected chi connectivity index (χ0v) is 13.1. The fraction of sp³-hybridized carbons (Fsp3) is 0.562. The number of unbranched alkanes of at least 4 members (excludes halogenated alkanes) is 4. The molecule has 0 aliphatic rings. The van der Waals surface area contributed by atoms with E-state index < -0.39 is 11.1 Å². The number of phenolic OH excluding ortho intramolecular Hbond substituents is 1. The van der Waals surface area contributed by atoms with E-state index in [2.05, 4.69) is 4.84 Å². The summed E-state index contributed by atoms with van der Waals surface area (Å²) in [5.74, 6) is 0.229. The minimum Gasteiger partial charge on any atom is -0.508 e. The van der Waals surface area contributed by atoms with Gasteiger partial charge in [-0.15, -0.1) is 10.1 Å². The lowest BCUT2D eigenvalue weighted by atomic mass is 9.99. The van der Waals surface area contributed by atoms with Crippen LogP contribution in [0.15, 0.2) is 24.3 Å². The van der Waals surface area contributed by atoms with Crippen molar-refractivity contribution < 1.29 is 19.8 Å². The number of Topliss-reactive ketones (excluding diaryl/α,β-unsaturated/α-hetero) is 1. The van der Waals surface area contributed by atoms with Crippen molar-refractivity contribution in [3.8, 4) is 5.75 Å². The molecule has 0 saturated heterocycles. The Balaban J connectivity index is 2.09. The van der Waals surface area contributed by atoms with Gasteiger partial charge >= 0.3 is 0 Å². The van der Waals surface area contributed by atoms with Gasteiger partial charge in [0.15, 0.2) is 0 Å². The molecule has 1 rings (SSSR count). The normalized spacial score (nSPS) is 11.9. The molecule has 7 nitrogen and oxygen atoms in total. The lowest BCUT2D eigenvalue weighted by molar-refractivity contribution is -0.757. The molecule has 3 N–H and O–H groups in total. The summed E-state index contributed by atoms with van der Waals surface area (Å²) in [6.07, 6.45) is 5.01. The fourth-order valence-electron chi connectivity index (χ4n) is 2.26. The van der Waals surface area contributed by atoms with Crippen molar-refractivity contribution in [1.82, 2.24) is 0 Å². The van der Waals surface area contributed by atoms with E-state index in [1.165, 1.54) is 0 Å². The number of hydrogen-bond acceptors (Lipinski definition) is 6. The van der Waals surface area contributed by atoms with Gasteiger partial charge in [-0.1, -0.05) is 31.4 Å². The molecule has 1 unspecified atom stereocenters. The number of benzene rings is 1. The molecule has 0 radical (unpaired) electrons. The van der Waals surface area contributed by atoms with Gasteiger partial charge in [0.25, 0.3) is 5.09 Å². The number of phenols is 1. The van der Waals surface area contributed by atoms with Crippen LogP contribution in [0, 0.1) is 10.1 Å². The number of nitrogens with zero attached hydrogens (tertiary/aromatic N) is 1. The van der Waals surface area contributed by atoms with Crippen LogP contribution < -0.4 is 5.73 Å². The number of rotatable bonds is 12. The predicted molar refractivity (Wildman–Crippen MR) is 85.4 cm³/mol. The van der Waals surface area contributed by atoms with E-state index in [9.17, 15) is 20.0 Å². The van der Waals surface area contributed by atoms with Crippen LogP contribution in [-0.4, -0.2) is 28.6 Å². The molecule has 0 amide bonds. The Labute approximate surface area is 135 Å². The van der Waals surface area contributed by atoms with E-state index in [1.54, 1.807) is 24.3 Å². The van der Waals surface area contributed by atoms with Crippen LogP contribution in [0.3, 0.4) is 0 Å². The summed E-state index contributed by atoms with van der Waals surface area (Å²) in [7, 11) is 0. The Morgan fingerprint density at radius 1 is 1.17 bits per heavy atom. The Morgan fingerprint density at radius 3 is 2.43 bits per heavy atom. The molecule has 0 aromatic heterocycles. The van der Waals surface area contributed by atoms with Gasteiger partial charge in [0.2, 0.25) is 0 Å². The Hall–Kier alpha value is -2.15. The van der Waals surface area contributed by atoms with E-state index in [0.29, 0.717) is 19.3 Å². The summed E-state index contributed by atoms with van der Waals surface area (Å²) >= 11 is 0. The molecule has 1 aromatic carbocycles. The van der Waals surface area contributed by atoms with Crippen molar-refractivity contribution >= 4 is 5.78 Å². The predicted octanol–water partition coefficient (Wildman–Crippen LogP) is 2.38. The van der Waals surface area contributed by atoms with Gasteiger partial charge in [0.1, 0.15) is 11.5 Å². The molecule has 23 heavy (non-hydrogen) atoms. The molecule has 128 valence electrons. The summed E-state index contributed by atoms with van der Waals surface area (Å²) in [6.45, 7) is 0.128. The lowest BCUT2D eigenvalue weighted by Crippen LogP contribution is -2.32.